The van der Waals surface area contributed by atoms with Crippen LogP contribution >= 0.6 is 0 Å². The van der Waals surface area contributed by atoms with Crippen LogP contribution in [0.25, 0.3) is 0 Å². The topological polar surface area (TPSA) is 23.2 Å². The van der Waals surface area contributed by atoms with Gasteiger partial charge in [0.15, 0.2) is 0 Å². The molecule has 0 aliphatic carbocycles. The Morgan fingerprint density at radius 3 is 1.75 bits per heavy atom. The van der Waals surface area contributed by atoms with Gasteiger partial charge in [-0.3, -0.25) is 0 Å². The van der Waals surface area contributed by atoms with Gasteiger partial charge in [-0.15, -0.1) is 0 Å². The van der Waals surface area contributed by atoms with Gasteiger partial charge in [0.1, 0.15) is 5.71 Å². The van der Waals surface area contributed by atoms with Crippen LogP contribution in [0.4, 0.5) is 0 Å². The predicted octanol–water partition coefficient (Wildman–Crippen LogP) is 0.718. The molecule has 100 valence electrons. The zero-order valence-electron chi connectivity index (χ0n) is 11.8. The lowest BCUT2D eigenvalue weighted by molar-refractivity contribution is -0.323. The molecule has 0 fully saturated rings. The van der Waals surface area contributed by atoms with Crippen molar-refractivity contribution in [3.05, 3.63) is 72.5 Å². The Balaban J connectivity index is 2.22. The lowest BCUT2D eigenvalue weighted by Crippen LogP contribution is -3.01. The van der Waals surface area contributed by atoms with Crippen LogP contribution in [0.3, 0.4) is 0 Å². The van der Waals surface area contributed by atoms with Crippen LogP contribution < -0.4 is 15.8 Å². The van der Waals surface area contributed by atoms with E-state index in [2.05, 4.69) is 60.4 Å². The Kier molecular flexibility index (Phi) is 3.19. The molecular weight excluding hydrogens is 245 g/mol. The Morgan fingerprint density at radius 1 is 0.800 bits per heavy atom. The van der Waals surface area contributed by atoms with Gasteiger partial charge in [-0.1, -0.05) is 71.6 Å². The molecule has 0 spiro atoms. The second-order valence-corrected chi connectivity index (χ2v) is 5.31. The van der Waals surface area contributed by atoms with Crippen LogP contribution in [0.2, 0.25) is 0 Å². The van der Waals surface area contributed by atoms with E-state index < -0.39 is 6.48 Å². The zero-order valence-corrected chi connectivity index (χ0v) is 11.8. The average molecular weight is 263 g/mol. The summed E-state index contributed by atoms with van der Waals surface area (Å²) in [5, 5.41) is 0. The molecule has 1 heterocycles. The van der Waals surface area contributed by atoms with Gasteiger partial charge in [0, 0.05) is 13.0 Å². The Morgan fingerprint density at radius 2 is 1.30 bits per heavy atom. The summed E-state index contributed by atoms with van der Waals surface area (Å²) in [6, 6.07) is 20.7. The fourth-order valence-corrected chi connectivity index (χ4v) is 2.95. The summed E-state index contributed by atoms with van der Waals surface area (Å²) in [7, 11) is 0. The van der Waals surface area contributed by atoms with Crippen LogP contribution in [0.1, 0.15) is 13.8 Å². The normalized spacial score (nSPS) is 16.9. The minimum atomic E-state index is -1.44. The molecular formula is C17H18BNO. The molecule has 0 bridgehead atoms. The fraction of sp³-hybridized carbons (Fsp3) is 0.118. The predicted molar refractivity (Wildman–Crippen MR) is 84.4 cm³/mol. The summed E-state index contributed by atoms with van der Waals surface area (Å²) in [5.74, 6) is 0.939. The fourth-order valence-electron chi connectivity index (χ4n) is 2.95. The summed E-state index contributed by atoms with van der Waals surface area (Å²) >= 11 is 0. The molecule has 0 radical (unpaired) electrons. The van der Waals surface area contributed by atoms with Gasteiger partial charge in [0.2, 0.25) is 0 Å². The van der Waals surface area contributed by atoms with Crippen molar-refractivity contribution in [1.82, 2.24) is 0 Å². The van der Waals surface area contributed by atoms with E-state index in [-0.39, 0.29) is 0 Å². The number of allylic oxidation sites excluding steroid dienone is 2. The van der Waals surface area contributed by atoms with Gasteiger partial charge < -0.3 is 9.56 Å². The monoisotopic (exact) mass is 263 g/mol. The van der Waals surface area contributed by atoms with Crippen LogP contribution in [0.5, 0.6) is 0 Å². The maximum absolute atomic E-state index is 6.31. The molecule has 3 rings (SSSR count). The number of rotatable bonds is 2. The number of nitrogens with one attached hydrogen (secondary N) is 1. The highest BCUT2D eigenvalue weighted by molar-refractivity contribution is 6.91. The van der Waals surface area contributed by atoms with Crippen LogP contribution in [-0.2, 0) is 4.65 Å². The highest BCUT2D eigenvalue weighted by Gasteiger charge is 2.42. The Hall–Kier alpha value is -2.29. The molecule has 2 aromatic carbocycles. The maximum Gasteiger partial charge on any atom is 0.506 e. The van der Waals surface area contributed by atoms with Crippen LogP contribution in [-0.4, -0.2) is 12.2 Å². The number of benzene rings is 2. The lowest BCUT2D eigenvalue weighted by atomic mass is 9.42. The second-order valence-electron chi connectivity index (χ2n) is 5.31. The first-order valence-corrected chi connectivity index (χ1v) is 6.95. The molecule has 20 heavy (non-hydrogen) atoms. The molecule has 0 unspecified atom stereocenters. The maximum atomic E-state index is 6.31. The first-order valence-electron chi connectivity index (χ1n) is 6.95. The molecule has 2 aromatic rings. The van der Waals surface area contributed by atoms with Gasteiger partial charge in [-0.25, -0.2) is 0 Å². The molecule has 1 N–H and O–H groups in total. The van der Waals surface area contributed by atoms with Crippen molar-refractivity contribution in [3.63, 3.8) is 0 Å². The highest BCUT2D eigenvalue weighted by Crippen LogP contribution is 2.08. The molecule has 1 aliphatic rings. The number of hydrogen-bond acceptors (Lipinski definition) is 1. The minimum Gasteiger partial charge on any atom is -0.655 e. The van der Waals surface area contributed by atoms with Crippen molar-refractivity contribution in [2.24, 2.45) is 0 Å². The van der Waals surface area contributed by atoms with Crippen LogP contribution in [0, 0.1) is 0 Å². The van der Waals surface area contributed by atoms with E-state index in [1.807, 2.05) is 25.1 Å². The van der Waals surface area contributed by atoms with Gasteiger partial charge in [0.25, 0.3) is 0 Å². The Labute approximate surface area is 119 Å². The molecule has 0 saturated carbocycles. The van der Waals surface area contributed by atoms with E-state index in [1.54, 1.807) is 0 Å². The van der Waals surface area contributed by atoms with Gasteiger partial charge in [0.05, 0.1) is 5.76 Å². The zero-order chi connectivity index (χ0) is 14.0. The summed E-state index contributed by atoms with van der Waals surface area (Å²) in [6.07, 6.45) is 2.03. The lowest BCUT2D eigenvalue weighted by Gasteiger charge is -2.36. The second kappa shape index (κ2) is 5.01. The first kappa shape index (κ1) is 12.7. The third-order valence-corrected chi connectivity index (χ3v) is 3.75. The average Bonchev–Trinajstić information content (AvgIpc) is 2.48. The first-order chi connectivity index (χ1) is 9.71. The molecule has 0 saturated heterocycles. The minimum absolute atomic E-state index is 0.939. The van der Waals surface area contributed by atoms with E-state index >= 15 is 0 Å². The highest BCUT2D eigenvalue weighted by atomic mass is 16.5. The van der Waals surface area contributed by atoms with Crippen molar-refractivity contribution in [3.8, 4) is 0 Å². The van der Waals surface area contributed by atoms with Crippen molar-refractivity contribution >= 4 is 23.1 Å². The summed E-state index contributed by atoms with van der Waals surface area (Å²) in [4.78, 5) is 3.57. The van der Waals surface area contributed by atoms with Crippen molar-refractivity contribution in [2.45, 2.75) is 13.8 Å². The van der Waals surface area contributed by atoms with E-state index in [0.717, 1.165) is 22.4 Å². The summed E-state index contributed by atoms with van der Waals surface area (Å²) < 4.78 is 6.31. The Bertz CT molecular complexity index is 622. The largest absolute Gasteiger partial charge is 0.655 e. The third-order valence-electron chi connectivity index (χ3n) is 3.75. The molecule has 3 heteroatoms. The van der Waals surface area contributed by atoms with Crippen molar-refractivity contribution in [1.29, 1.82) is 0 Å². The standard InChI is InChI=1S/C17H18BNO/c1-14-13-15(2)20-18(19-14,16-9-5-3-6-10-16)17-11-7-4-8-12-17/h3-13,19H,1-2H3. The SMILES string of the molecule is CC1=CC(C)=[NH+][B-](c2ccccc2)(c2ccccc2)O1. The summed E-state index contributed by atoms with van der Waals surface area (Å²) in [5.41, 5.74) is 3.44. The van der Waals surface area contributed by atoms with Crippen LogP contribution in [0.15, 0.2) is 72.5 Å². The molecule has 1 aliphatic heterocycles. The molecule has 0 amide bonds. The molecule has 0 atom stereocenters. The summed E-state index contributed by atoms with van der Waals surface area (Å²) in [6.45, 7) is 2.64. The van der Waals surface area contributed by atoms with Gasteiger partial charge in [-0.2, -0.15) is 0 Å². The van der Waals surface area contributed by atoms with E-state index in [9.17, 15) is 0 Å². The third kappa shape index (κ3) is 2.16. The quantitative estimate of drug-likeness (QED) is 0.793. The number of hydrogen-bond donors (Lipinski definition) is 1. The van der Waals surface area contributed by atoms with Gasteiger partial charge in [-0.05, 0) is 6.92 Å². The van der Waals surface area contributed by atoms with E-state index in [1.165, 1.54) is 0 Å². The molecule has 2 nitrogen and oxygen atoms in total. The van der Waals surface area contributed by atoms with Gasteiger partial charge >= 0.3 is 6.48 Å². The van der Waals surface area contributed by atoms with E-state index in [0.29, 0.717) is 0 Å². The van der Waals surface area contributed by atoms with Crippen molar-refractivity contribution < 1.29 is 9.56 Å². The van der Waals surface area contributed by atoms with E-state index in [4.69, 9.17) is 4.65 Å². The smallest absolute Gasteiger partial charge is 0.506 e. The molecule has 0 aromatic heterocycles. The van der Waals surface area contributed by atoms with Crippen molar-refractivity contribution in [2.75, 3.05) is 0 Å².